The number of carbonyl (C=O) groups is 2. The molecule has 3 rings (SSSR count). The standard InChI is InChI=1S/C16H11N3O2/c17-8-2-5-11-4-1-6-12(10-11)19-15(20)13-7-3-9-18-14(13)16(19)21/h1,3-4,6-7,9-10H,8,17H2. The number of nitrogens with zero attached hydrogens (tertiary/aromatic N) is 2. The van der Waals surface area contributed by atoms with Gasteiger partial charge < -0.3 is 5.73 Å². The average molecular weight is 277 g/mol. The minimum absolute atomic E-state index is 0.181. The zero-order chi connectivity index (χ0) is 14.8. The first kappa shape index (κ1) is 13.0. The van der Waals surface area contributed by atoms with E-state index in [4.69, 9.17) is 5.73 Å². The van der Waals surface area contributed by atoms with E-state index in [1.54, 1.807) is 36.4 Å². The van der Waals surface area contributed by atoms with Gasteiger partial charge in [0.1, 0.15) is 5.69 Å². The zero-order valence-electron chi connectivity index (χ0n) is 11.0. The molecule has 0 unspecified atom stereocenters. The Morgan fingerprint density at radius 1 is 1.14 bits per heavy atom. The summed E-state index contributed by atoms with van der Waals surface area (Å²) in [6.45, 7) is 0.251. The summed E-state index contributed by atoms with van der Waals surface area (Å²) in [5.74, 6) is 4.83. The van der Waals surface area contributed by atoms with Crippen molar-refractivity contribution in [1.82, 2.24) is 4.98 Å². The van der Waals surface area contributed by atoms with E-state index in [1.165, 1.54) is 6.20 Å². The number of fused-ring (bicyclic) bond motifs is 1. The fraction of sp³-hybridized carbons (Fsp3) is 0.0625. The summed E-state index contributed by atoms with van der Waals surface area (Å²) < 4.78 is 0. The van der Waals surface area contributed by atoms with Gasteiger partial charge in [-0.1, -0.05) is 17.9 Å². The van der Waals surface area contributed by atoms with Crippen molar-refractivity contribution in [2.45, 2.75) is 0 Å². The van der Waals surface area contributed by atoms with Gasteiger partial charge in [0.15, 0.2) is 0 Å². The largest absolute Gasteiger partial charge is 0.320 e. The molecule has 21 heavy (non-hydrogen) atoms. The zero-order valence-corrected chi connectivity index (χ0v) is 11.0. The summed E-state index contributed by atoms with van der Waals surface area (Å²) in [5, 5.41) is 0. The predicted octanol–water partition coefficient (Wildman–Crippen LogP) is 1.19. The fourth-order valence-corrected chi connectivity index (χ4v) is 2.18. The summed E-state index contributed by atoms with van der Waals surface area (Å²) in [6.07, 6.45) is 1.50. The lowest BCUT2D eigenvalue weighted by Crippen LogP contribution is -2.29. The summed E-state index contributed by atoms with van der Waals surface area (Å²) in [6, 6.07) is 10.1. The molecule has 1 aliphatic heterocycles. The highest BCUT2D eigenvalue weighted by Gasteiger charge is 2.37. The highest BCUT2D eigenvalue weighted by atomic mass is 16.2. The molecule has 2 amide bonds. The number of carbonyl (C=O) groups excluding carboxylic acids is 2. The number of benzene rings is 1. The van der Waals surface area contributed by atoms with Crippen LogP contribution in [0.1, 0.15) is 26.4 Å². The van der Waals surface area contributed by atoms with Crippen molar-refractivity contribution >= 4 is 17.5 Å². The minimum Gasteiger partial charge on any atom is -0.320 e. The molecule has 1 aromatic carbocycles. The Balaban J connectivity index is 2.03. The number of hydrogen-bond donors (Lipinski definition) is 1. The molecule has 0 saturated heterocycles. The van der Waals surface area contributed by atoms with Gasteiger partial charge in [-0.05, 0) is 30.3 Å². The monoisotopic (exact) mass is 277 g/mol. The van der Waals surface area contributed by atoms with Crippen LogP contribution in [0.2, 0.25) is 0 Å². The summed E-state index contributed by atoms with van der Waals surface area (Å²) >= 11 is 0. The van der Waals surface area contributed by atoms with Crippen LogP contribution in [0.3, 0.4) is 0 Å². The van der Waals surface area contributed by atoms with Gasteiger partial charge in [0.05, 0.1) is 17.8 Å². The van der Waals surface area contributed by atoms with E-state index in [2.05, 4.69) is 16.8 Å². The number of rotatable bonds is 1. The molecular formula is C16H11N3O2. The van der Waals surface area contributed by atoms with Crippen molar-refractivity contribution < 1.29 is 9.59 Å². The second-order valence-corrected chi connectivity index (χ2v) is 4.40. The van der Waals surface area contributed by atoms with Crippen molar-refractivity contribution in [3.63, 3.8) is 0 Å². The minimum atomic E-state index is -0.417. The second kappa shape index (κ2) is 5.19. The lowest BCUT2D eigenvalue weighted by molar-refractivity contribution is 0.0924. The van der Waals surface area contributed by atoms with E-state index in [0.29, 0.717) is 16.8 Å². The molecule has 102 valence electrons. The first-order valence-electron chi connectivity index (χ1n) is 6.35. The molecule has 1 aromatic heterocycles. The van der Waals surface area contributed by atoms with Gasteiger partial charge >= 0.3 is 0 Å². The van der Waals surface area contributed by atoms with E-state index < -0.39 is 5.91 Å². The number of hydrogen-bond acceptors (Lipinski definition) is 4. The molecule has 5 nitrogen and oxygen atoms in total. The van der Waals surface area contributed by atoms with Gasteiger partial charge in [-0.25, -0.2) is 4.90 Å². The lowest BCUT2D eigenvalue weighted by atomic mass is 10.2. The van der Waals surface area contributed by atoms with Crippen molar-refractivity contribution in [1.29, 1.82) is 0 Å². The maximum Gasteiger partial charge on any atom is 0.284 e. The molecule has 0 atom stereocenters. The van der Waals surface area contributed by atoms with Crippen LogP contribution in [-0.4, -0.2) is 23.3 Å². The van der Waals surface area contributed by atoms with Gasteiger partial charge in [0.25, 0.3) is 11.8 Å². The molecule has 0 fully saturated rings. The topological polar surface area (TPSA) is 76.3 Å². The third kappa shape index (κ3) is 2.18. The maximum atomic E-state index is 12.3. The maximum absolute atomic E-state index is 12.3. The van der Waals surface area contributed by atoms with E-state index in [9.17, 15) is 9.59 Å². The number of amides is 2. The molecule has 0 saturated carbocycles. The van der Waals surface area contributed by atoms with Crippen molar-refractivity contribution in [3.05, 3.63) is 59.4 Å². The number of imide groups is 1. The Labute approximate surface area is 121 Å². The number of anilines is 1. The SMILES string of the molecule is NCC#Cc1cccc(N2C(=O)c3cccnc3C2=O)c1. The van der Waals surface area contributed by atoms with Gasteiger partial charge in [-0.3, -0.25) is 14.6 Å². The quantitative estimate of drug-likeness (QED) is 0.627. The van der Waals surface area contributed by atoms with Gasteiger partial charge in [0, 0.05) is 11.8 Å². The second-order valence-electron chi connectivity index (χ2n) is 4.40. The Morgan fingerprint density at radius 3 is 2.76 bits per heavy atom. The molecule has 2 aromatic rings. The molecule has 0 aliphatic carbocycles. The molecular weight excluding hydrogens is 266 g/mol. The van der Waals surface area contributed by atoms with Gasteiger partial charge in [-0.15, -0.1) is 0 Å². The number of nitrogens with two attached hydrogens (primary N) is 1. The van der Waals surface area contributed by atoms with Crippen LogP contribution in [0.4, 0.5) is 5.69 Å². The predicted molar refractivity (Wildman–Crippen MR) is 77.8 cm³/mol. The van der Waals surface area contributed by atoms with Crippen molar-refractivity contribution in [3.8, 4) is 11.8 Å². The molecule has 2 N–H and O–H groups in total. The lowest BCUT2D eigenvalue weighted by Gasteiger charge is -2.13. The average Bonchev–Trinajstić information content (AvgIpc) is 2.78. The Bertz CT molecular complexity index is 767. The van der Waals surface area contributed by atoms with Gasteiger partial charge in [-0.2, -0.15) is 0 Å². The molecule has 1 aliphatic rings. The molecule has 0 radical (unpaired) electrons. The Hall–Kier alpha value is -2.97. The van der Waals surface area contributed by atoms with Crippen LogP contribution in [0, 0.1) is 11.8 Å². The molecule has 0 bridgehead atoms. The summed E-state index contributed by atoms with van der Waals surface area (Å²) in [5.41, 5.74) is 7.01. The third-order valence-electron chi connectivity index (χ3n) is 3.09. The van der Waals surface area contributed by atoms with E-state index in [0.717, 1.165) is 4.90 Å². The number of pyridine rings is 1. The molecule has 0 spiro atoms. The van der Waals surface area contributed by atoms with E-state index in [-0.39, 0.29) is 18.1 Å². The third-order valence-corrected chi connectivity index (χ3v) is 3.09. The van der Waals surface area contributed by atoms with Crippen LogP contribution in [-0.2, 0) is 0 Å². The Morgan fingerprint density at radius 2 is 2.00 bits per heavy atom. The van der Waals surface area contributed by atoms with E-state index >= 15 is 0 Å². The van der Waals surface area contributed by atoms with E-state index in [1.807, 2.05) is 0 Å². The van der Waals surface area contributed by atoms with Gasteiger partial charge in [0.2, 0.25) is 0 Å². The first-order chi connectivity index (χ1) is 10.2. The summed E-state index contributed by atoms with van der Waals surface area (Å²) in [4.78, 5) is 29.8. The number of aromatic nitrogens is 1. The first-order valence-corrected chi connectivity index (χ1v) is 6.35. The van der Waals surface area contributed by atoms with Crippen molar-refractivity contribution in [2.24, 2.45) is 5.73 Å². The highest BCUT2D eigenvalue weighted by molar-refractivity contribution is 6.33. The smallest absolute Gasteiger partial charge is 0.284 e. The van der Waals surface area contributed by atoms with Crippen molar-refractivity contribution in [2.75, 3.05) is 11.4 Å². The normalized spacial score (nSPS) is 12.9. The fourth-order valence-electron chi connectivity index (χ4n) is 2.18. The molecule has 2 heterocycles. The van der Waals surface area contributed by atoms with Crippen LogP contribution in [0.25, 0.3) is 0 Å². The van der Waals surface area contributed by atoms with Crippen LogP contribution >= 0.6 is 0 Å². The molecule has 5 heteroatoms. The van der Waals surface area contributed by atoms with Crippen LogP contribution in [0.15, 0.2) is 42.6 Å². The van der Waals surface area contributed by atoms with Crippen LogP contribution < -0.4 is 10.6 Å². The summed E-state index contributed by atoms with van der Waals surface area (Å²) in [7, 11) is 0. The Kier molecular flexibility index (Phi) is 3.22. The van der Waals surface area contributed by atoms with Crippen LogP contribution in [0.5, 0.6) is 0 Å². The highest BCUT2D eigenvalue weighted by Crippen LogP contribution is 2.27.